The van der Waals surface area contributed by atoms with E-state index in [2.05, 4.69) is 20.2 Å². The molecule has 0 spiro atoms. The SMILES string of the molecule is O=C1C(Cl)=C(Nc2ccc(S(=O)(=O)Nc3ccc(Cl)nn3)cc2)C(=O)N1c1ccc(Oc2ccccc2)cc1. The lowest BCUT2D eigenvalue weighted by Crippen LogP contribution is -2.32. The van der Waals surface area contributed by atoms with Crippen LogP contribution in [0.25, 0.3) is 0 Å². The number of hydrogen-bond donors (Lipinski definition) is 2. The zero-order valence-corrected chi connectivity index (χ0v) is 22.0. The van der Waals surface area contributed by atoms with Crippen molar-refractivity contribution in [3.05, 3.63) is 107 Å². The zero-order chi connectivity index (χ0) is 27.6. The Bertz CT molecular complexity index is 1680. The number of halogens is 2. The molecule has 4 aromatic rings. The monoisotopic (exact) mass is 581 g/mol. The van der Waals surface area contributed by atoms with Crippen LogP contribution in [0.1, 0.15) is 0 Å². The Balaban J connectivity index is 1.28. The third-order valence-electron chi connectivity index (χ3n) is 5.41. The van der Waals surface area contributed by atoms with Crippen molar-refractivity contribution in [1.29, 1.82) is 0 Å². The summed E-state index contributed by atoms with van der Waals surface area (Å²) in [5.74, 6) is -0.208. The topological polar surface area (TPSA) is 131 Å². The van der Waals surface area contributed by atoms with E-state index >= 15 is 0 Å². The molecule has 3 aromatic carbocycles. The third kappa shape index (κ3) is 5.70. The van der Waals surface area contributed by atoms with Gasteiger partial charge in [-0.3, -0.25) is 14.3 Å². The molecule has 5 rings (SSSR count). The number of nitrogens with one attached hydrogen (secondary N) is 2. The van der Waals surface area contributed by atoms with E-state index < -0.39 is 21.8 Å². The molecular formula is C26H17Cl2N5O5S. The molecule has 10 nitrogen and oxygen atoms in total. The second-order valence-electron chi connectivity index (χ2n) is 8.04. The second-order valence-corrected chi connectivity index (χ2v) is 10.5. The average Bonchev–Trinajstić information content (AvgIpc) is 3.14. The van der Waals surface area contributed by atoms with Crippen molar-refractivity contribution >= 4 is 62.2 Å². The first kappa shape index (κ1) is 26.2. The van der Waals surface area contributed by atoms with Crippen molar-refractivity contribution in [3.8, 4) is 11.5 Å². The quantitative estimate of drug-likeness (QED) is 0.273. The highest BCUT2D eigenvalue weighted by Crippen LogP contribution is 2.32. The van der Waals surface area contributed by atoms with Crippen molar-refractivity contribution in [2.75, 3.05) is 14.9 Å². The Labute approximate surface area is 232 Å². The van der Waals surface area contributed by atoms with Crippen molar-refractivity contribution in [2.24, 2.45) is 0 Å². The molecule has 13 heteroatoms. The number of imide groups is 1. The summed E-state index contributed by atoms with van der Waals surface area (Å²) < 4.78 is 33.3. The number of carbonyl (C=O) groups is 2. The summed E-state index contributed by atoms with van der Waals surface area (Å²) in [4.78, 5) is 26.8. The van der Waals surface area contributed by atoms with Gasteiger partial charge in [-0.25, -0.2) is 13.3 Å². The van der Waals surface area contributed by atoms with Gasteiger partial charge in [-0.05, 0) is 72.8 Å². The number of anilines is 3. The van der Waals surface area contributed by atoms with Crippen LogP contribution in [0, 0.1) is 0 Å². The number of aromatic nitrogens is 2. The molecular weight excluding hydrogens is 565 g/mol. The Morgan fingerprint density at radius 3 is 2.05 bits per heavy atom. The first-order chi connectivity index (χ1) is 18.7. The fourth-order valence-corrected chi connectivity index (χ4v) is 4.87. The van der Waals surface area contributed by atoms with Crippen LogP contribution in [0.15, 0.2) is 107 Å². The summed E-state index contributed by atoms with van der Waals surface area (Å²) in [6.07, 6.45) is 0. The summed E-state index contributed by atoms with van der Waals surface area (Å²) in [6, 6.07) is 23.8. The number of amides is 2. The molecule has 0 saturated heterocycles. The Morgan fingerprint density at radius 1 is 0.744 bits per heavy atom. The van der Waals surface area contributed by atoms with Gasteiger partial charge in [0.05, 0.1) is 10.6 Å². The fourth-order valence-electron chi connectivity index (χ4n) is 3.56. The van der Waals surface area contributed by atoms with Gasteiger partial charge in [0, 0.05) is 5.69 Å². The van der Waals surface area contributed by atoms with Gasteiger partial charge >= 0.3 is 0 Å². The van der Waals surface area contributed by atoms with Crippen LogP contribution in [-0.2, 0) is 19.6 Å². The van der Waals surface area contributed by atoms with E-state index in [0.29, 0.717) is 22.9 Å². The zero-order valence-electron chi connectivity index (χ0n) is 19.7. The maximum atomic E-state index is 13.1. The minimum Gasteiger partial charge on any atom is -0.457 e. The van der Waals surface area contributed by atoms with E-state index in [0.717, 1.165) is 4.90 Å². The van der Waals surface area contributed by atoms with Crippen LogP contribution in [0.4, 0.5) is 17.2 Å². The summed E-state index contributed by atoms with van der Waals surface area (Å²) in [5, 5.41) is 9.88. The van der Waals surface area contributed by atoms with Crippen molar-refractivity contribution in [1.82, 2.24) is 10.2 Å². The average molecular weight is 582 g/mol. The third-order valence-corrected chi connectivity index (χ3v) is 7.33. The number of sulfonamides is 1. The highest BCUT2D eigenvalue weighted by atomic mass is 35.5. The predicted octanol–water partition coefficient (Wildman–Crippen LogP) is 5.16. The van der Waals surface area contributed by atoms with E-state index in [1.165, 1.54) is 36.4 Å². The minimum absolute atomic E-state index is 0.00615. The summed E-state index contributed by atoms with van der Waals surface area (Å²) in [6.45, 7) is 0. The van der Waals surface area contributed by atoms with Gasteiger partial charge in [0.1, 0.15) is 22.2 Å². The fraction of sp³-hybridized carbons (Fsp3) is 0. The molecule has 1 aliphatic rings. The molecule has 1 aliphatic heterocycles. The van der Waals surface area contributed by atoms with E-state index in [9.17, 15) is 18.0 Å². The molecule has 0 aliphatic carbocycles. The van der Waals surface area contributed by atoms with Crippen molar-refractivity contribution in [3.63, 3.8) is 0 Å². The van der Waals surface area contributed by atoms with Gasteiger partial charge in [-0.1, -0.05) is 41.4 Å². The summed E-state index contributed by atoms with van der Waals surface area (Å²) in [7, 11) is -3.97. The van der Waals surface area contributed by atoms with Crippen LogP contribution in [0.5, 0.6) is 11.5 Å². The normalized spacial score (nSPS) is 13.5. The molecule has 0 unspecified atom stereocenters. The summed E-state index contributed by atoms with van der Waals surface area (Å²) in [5.41, 5.74) is 0.498. The minimum atomic E-state index is -3.97. The second kappa shape index (κ2) is 10.7. The highest BCUT2D eigenvalue weighted by molar-refractivity contribution is 7.92. The molecule has 0 radical (unpaired) electrons. The largest absolute Gasteiger partial charge is 0.457 e. The lowest BCUT2D eigenvalue weighted by Gasteiger charge is -2.16. The summed E-state index contributed by atoms with van der Waals surface area (Å²) >= 11 is 11.9. The number of nitrogens with zero attached hydrogens (tertiary/aromatic N) is 3. The molecule has 1 aromatic heterocycles. The van der Waals surface area contributed by atoms with Gasteiger partial charge in [-0.2, -0.15) is 0 Å². The first-order valence-electron chi connectivity index (χ1n) is 11.2. The number of ether oxygens (including phenoxy) is 1. The molecule has 0 fully saturated rings. The Kier molecular flexibility index (Phi) is 7.20. The van der Waals surface area contributed by atoms with Crippen molar-refractivity contribution in [2.45, 2.75) is 4.90 Å². The predicted molar refractivity (Wildman–Crippen MR) is 146 cm³/mol. The molecule has 2 heterocycles. The lowest BCUT2D eigenvalue weighted by atomic mass is 10.2. The van der Waals surface area contributed by atoms with Gasteiger partial charge in [0.2, 0.25) is 0 Å². The van der Waals surface area contributed by atoms with Crippen LogP contribution >= 0.6 is 23.2 Å². The van der Waals surface area contributed by atoms with Gasteiger partial charge in [0.15, 0.2) is 11.0 Å². The Morgan fingerprint density at radius 2 is 1.41 bits per heavy atom. The lowest BCUT2D eigenvalue weighted by molar-refractivity contribution is -0.120. The molecule has 39 heavy (non-hydrogen) atoms. The number of carbonyl (C=O) groups excluding carboxylic acids is 2. The van der Waals surface area contributed by atoms with E-state index in [-0.39, 0.29) is 26.6 Å². The Hall–Kier alpha value is -4.45. The highest BCUT2D eigenvalue weighted by Gasteiger charge is 2.39. The number of rotatable bonds is 8. The maximum Gasteiger partial charge on any atom is 0.283 e. The number of hydrogen-bond acceptors (Lipinski definition) is 8. The molecule has 0 bridgehead atoms. The van der Waals surface area contributed by atoms with Gasteiger partial charge in [-0.15, -0.1) is 10.2 Å². The van der Waals surface area contributed by atoms with Crippen LogP contribution in [0.3, 0.4) is 0 Å². The molecule has 196 valence electrons. The van der Waals surface area contributed by atoms with Gasteiger partial charge < -0.3 is 10.1 Å². The number of benzene rings is 3. The van der Waals surface area contributed by atoms with E-state index in [1.807, 2.05) is 18.2 Å². The van der Waals surface area contributed by atoms with Gasteiger partial charge in [0.25, 0.3) is 21.8 Å². The first-order valence-corrected chi connectivity index (χ1v) is 13.5. The molecule has 2 amide bonds. The van der Waals surface area contributed by atoms with Crippen LogP contribution in [-0.4, -0.2) is 30.4 Å². The maximum absolute atomic E-state index is 13.1. The van der Waals surface area contributed by atoms with Crippen LogP contribution < -0.4 is 19.7 Å². The smallest absolute Gasteiger partial charge is 0.283 e. The number of para-hydroxylation sites is 1. The molecule has 2 N–H and O–H groups in total. The van der Waals surface area contributed by atoms with Crippen molar-refractivity contribution < 1.29 is 22.7 Å². The standard InChI is InChI=1S/C26H17Cl2N5O5S/c27-21-14-15-22(31-30-21)32-39(36,37)20-12-6-16(7-13-20)29-24-23(28)25(34)33(26(24)35)17-8-10-19(11-9-17)38-18-4-2-1-3-5-18/h1-15,29H,(H,31,32). The molecule has 0 atom stereocenters. The molecule has 0 saturated carbocycles. The van der Waals surface area contributed by atoms with E-state index in [4.69, 9.17) is 27.9 Å². The van der Waals surface area contributed by atoms with Crippen LogP contribution in [0.2, 0.25) is 5.15 Å². The van der Waals surface area contributed by atoms with E-state index in [1.54, 1.807) is 36.4 Å².